The molecule has 0 saturated carbocycles. The standard InChI is InChI=1S/C21H24FN5O2/c1-5-27-18-10-9-14(20(28)25(2)3)11-17(18)24-19(27)13-26(4)21(29)23-16-8-6-7-15(22)12-16/h6-12H,5,13H2,1-4H3,(H,23,29). The summed E-state index contributed by atoms with van der Waals surface area (Å²) in [4.78, 5) is 32.3. The summed E-state index contributed by atoms with van der Waals surface area (Å²) in [6.07, 6.45) is 0. The zero-order valence-electron chi connectivity index (χ0n) is 16.9. The fourth-order valence-corrected chi connectivity index (χ4v) is 3.11. The van der Waals surface area contributed by atoms with E-state index in [-0.39, 0.29) is 18.5 Å². The summed E-state index contributed by atoms with van der Waals surface area (Å²) in [5, 5.41) is 2.67. The summed E-state index contributed by atoms with van der Waals surface area (Å²) in [5.41, 5.74) is 2.55. The van der Waals surface area contributed by atoms with Crippen LogP contribution in [0.2, 0.25) is 0 Å². The lowest BCUT2D eigenvalue weighted by Crippen LogP contribution is -2.31. The summed E-state index contributed by atoms with van der Waals surface area (Å²) >= 11 is 0. The highest BCUT2D eigenvalue weighted by Crippen LogP contribution is 2.20. The monoisotopic (exact) mass is 397 g/mol. The van der Waals surface area contributed by atoms with Crippen molar-refractivity contribution in [1.82, 2.24) is 19.4 Å². The molecule has 8 heteroatoms. The van der Waals surface area contributed by atoms with Crippen LogP contribution in [0.25, 0.3) is 11.0 Å². The van der Waals surface area contributed by atoms with Crippen molar-refractivity contribution in [3.8, 4) is 0 Å². The number of rotatable bonds is 5. The normalized spacial score (nSPS) is 10.8. The Labute approximate surface area is 168 Å². The van der Waals surface area contributed by atoms with Crippen molar-refractivity contribution in [1.29, 1.82) is 0 Å². The Morgan fingerprint density at radius 3 is 2.55 bits per heavy atom. The van der Waals surface area contributed by atoms with Gasteiger partial charge < -0.3 is 19.7 Å². The number of nitrogens with one attached hydrogen (secondary N) is 1. The van der Waals surface area contributed by atoms with Gasteiger partial charge in [-0.3, -0.25) is 4.79 Å². The van der Waals surface area contributed by atoms with Gasteiger partial charge in [-0.25, -0.2) is 14.2 Å². The molecule has 0 aliphatic rings. The lowest BCUT2D eigenvalue weighted by Gasteiger charge is -2.18. The number of hydrogen-bond acceptors (Lipinski definition) is 3. The topological polar surface area (TPSA) is 70.5 Å². The SMILES string of the molecule is CCn1c(CN(C)C(=O)Nc2cccc(F)c2)nc2cc(C(=O)N(C)C)ccc21. The molecule has 29 heavy (non-hydrogen) atoms. The van der Waals surface area contributed by atoms with Gasteiger partial charge in [-0.1, -0.05) is 6.07 Å². The van der Waals surface area contributed by atoms with Crippen LogP contribution >= 0.6 is 0 Å². The molecule has 0 fully saturated rings. The van der Waals surface area contributed by atoms with E-state index in [0.29, 0.717) is 29.1 Å². The molecule has 0 aliphatic heterocycles. The van der Waals surface area contributed by atoms with Crippen LogP contribution in [-0.2, 0) is 13.1 Å². The lowest BCUT2D eigenvalue weighted by molar-refractivity contribution is 0.0827. The zero-order chi connectivity index (χ0) is 21.1. The highest BCUT2D eigenvalue weighted by molar-refractivity contribution is 5.97. The van der Waals surface area contributed by atoms with Crippen LogP contribution in [0.15, 0.2) is 42.5 Å². The first kappa shape index (κ1) is 20.3. The van der Waals surface area contributed by atoms with Gasteiger partial charge in [0.1, 0.15) is 11.6 Å². The Hall–Kier alpha value is -3.42. The van der Waals surface area contributed by atoms with E-state index in [2.05, 4.69) is 10.3 Å². The summed E-state index contributed by atoms with van der Waals surface area (Å²) < 4.78 is 15.3. The second-order valence-corrected chi connectivity index (χ2v) is 6.97. The van der Waals surface area contributed by atoms with Gasteiger partial charge >= 0.3 is 6.03 Å². The maximum Gasteiger partial charge on any atom is 0.321 e. The third-order valence-corrected chi connectivity index (χ3v) is 4.60. The Morgan fingerprint density at radius 2 is 1.90 bits per heavy atom. The van der Waals surface area contributed by atoms with E-state index in [1.165, 1.54) is 28.0 Å². The van der Waals surface area contributed by atoms with E-state index < -0.39 is 5.82 Å². The molecular weight excluding hydrogens is 373 g/mol. The van der Waals surface area contributed by atoms with E-state index in [0.717, 1.165) is 5.52 Å². The molecule has 0 atom stereocenters. The summed E-state index contributed by atoms with van der Waals surface area (Å²) in [6, 6.07) is 10.8. The summed E-state index contributed by atoms with van der Waals surface area (Å²) in [6.45, 7) is 2.93. The van der Waals surface area contributed by atoms with Gasteiger partial charge in [-0.15, -0.1) is 0 Å². The number of anilines is 1. The predicted octanol–water partition coefficient (Wildman–Crippen LogP) is 3.56. The first-order chi connectivity index (χ1) is 13.8. The first-order valence-corrected chi connectivity index (χ1v) is 9.28. The van der Waals surface area contributed by atoms with E-state index >= 15 is 0 Å². The highest BCUT2D eigenvalue weighted by atomic mass is 19.1. The number of urea groups is 1. The minimum absolute atomic E-state index is 0.0916. The van der Waals surface area contributed by atoms with Crippen molar-refractivity contribution < 1.29 is 14.0 Å². The smallest absolute Gasteiger partial charge is 0.321 e. The Bertz CT molecular complexity index is 1060. The summed E-state index contributed by atoms with van der Waals surface area (Å²) in [5.74, 6) is 0.196. The minimum Gasteiger partial charge on any atom is -0.345 e. The van der Waals surface area contributed by atoms with Crippen LogP contribution in [0.5, 0.6) is 0 Å². The molecule has 0 saturated heterocycles. The molecule has 1 N–H and O–H groups in total. The second-order valence-electron chi connectivity index (χ2n) is 6.97. The molecule has 3 amide bonds. The van der Waals surface area contributed by atoms with Crippen LogP contribution in [0.1, 0.15) is 23.1 Å². The van der Waals surface area contributed by atoms with Crippen molar-refractivity contribution in [2.24, 2.45) is 0 Å². The van der Waals surface area contributed by atoms with Gasteiger partial charge in [0.15, 0.2) is 0 Å². The predicted molar refractivity (Wildman–Crippen MR) is 110 cm³/mol. The number of benzene rings is 2. The number of carbonyl (C=O) groups is 2. The van der Waals surface area contributed by atoms with Crippen molar-refractivity contribution in [3.63, 3.8) is 0 Å². The molecule has 2 aromatic carbocycles. The van der Waals surface area contributed by atoms with Crippen molar-refractivity contribution in [3.05, 3.63) is 59.7 Å². The fourth-order valence-electron chi connectivity index (χ4n) is 3.11. The third kappa shape index (κ3) is 4.37. The van der Waals surface area contributed by atoms with E-state index in [1.807, 2.05) is 17.6 Å². The Kier molecular flexibility index (Phi) is 5.81. The van der Waals surface area contributed by atoms with Crippen LogP contribution in [0, 0.1) is 5.82 Å². The number of hydrogen-bond donors (Lipinski definition) is 1. The quantitative estimate of drug-likeness (QED) is 0.716. The average Bonchev–Trinajstić information content (AvgIpc) is 3.03. The first-order valence-electron chi connectivity index (χ1n) is 9.28. The molecule has 1 heterocycles. The summed E-state index contributed by atoms with van der Waals surface area (Å²) in [7, 11) is 5.05. The maximum absolute atomic E-state index is 13.3. The molecular formula is C21H24FN5O2. The van der Waals surface area contributed by atoms with E-state index in [9.17, 15) is 14.0 Å². The number of imidazole rings is 1. The maximum atomic E-state index is 13.3. The van der Waals surface area contributed by atoms with Gasteiger partial charge in [0.25, 0.3) is 5.91 Å². The van der Waals surface area contributed by atoms with Crippen molar-refractivity contribution in [2.75, 3.05) is 26.5 Å². The Balaban J connectivity index is 1.82. The van der Waals surface area contributed by atoms with Gasteiger partial charge in [0.2, 0.25) is 0 Å². The van der Waals surface area contributed by atoms with Crippen molar-refractivity contribution >= 4 is 28.7 Å². The molecule has 0 unspecified atom stereocenters. The number of nitrogens with zero attached hydrogens (tertiary/aromatic N) is 4. The molecule has 152 valence electrons. The fraction of sp³-hybridized carbons (Fsp3) is 0.286. The molecule has 7 nitrogen and oxygen atoms in total. The molecule has 0 radical (unpaired) electrons. The highest BCUT2D eigenvalue weighted by Gasteiger charge is 2.17. The van der Waals surface area contributed by atoms with Gasteiger partial charge in [0, 0.05) is 38.9 Å². The molecule has 0 aliphatic carbocycles. The number of carbonyl (C=O) groups excluding carboxylic acids is 2. The number of aromatic nitrogens is 2. The number of halogens is 1. The number of aryl methyl sites for hydroxylation is 1. The molecule has 0 spiro atoms. The number of amides is 3. The van der Waals surface area contributed by atoms with Gasteiger partial charge in [-0.05, 0) is 43.3 Å². The van der Waals surface area contributed by atoms with E-state index in [1.54, 1.807) is 39.3 Å². The lowest BCUT2D eigenvalue weighted by atomic mass is 10.2. The van der Waals surface area contributed by atoms with Crippen LogP contribution in [0.4, 0.5) is 14.9 Å². The molecule has 3 aromatic rings. The second kappa shape index (κ2) is 8.30. The zero-order valence-corrected chi connectivity index (χ0v) is 16.9. The third-order valence-electron chi connectivity index (χ3n) is 4.60. The minimum atomic E-state index is -0.415. The largest absolute Gasteiger partial charge is 0.345 e. The number of fused-ring (bicyclic) bond motifs is 1. The van der Waals surface area contributed by atoms with Crippen LogP contribution in [0.3, 0.4) is 0 Å². The average molecular weight is 397 g/mol. The molecule has 1 aromatic heterocycles. The van der Waals surface area contributed by atoms with Gasteiger partial charge in [-0.2, -0.15) is 0 Å². The van der Waals surface area contributed by atoms with Crippen LogP contribution < -0.4 is 5.32 Å². The van der Waals surface area contributed by atoms with E-state index in [4.69, 9.17) is 0 Å². The van der Waals surface area contributed by atoms with Crippen molar-refractivity contribution in [2.45, 2.75) is 20.0 Å². The molecule has 3 rings (SSSR count). The Morgan fingerprint density at radius 1 is 1.14 bits per heavy atom. The molecule has 0 bridgehead atoms. The van der Waals surface area contributed by atoms with Gasteiger partial charge in [0.05, 0.1) is 17.6 Å². The van der Waals surface area contributed by atoms with Crippen LogP contribution in [-0.4, -0.2) is 52.4 Å².